The van der Waals surface area contributed by atoms with E-state index in [0.717, 1.165) is 12.2 Å². The molecule has 0 aromatic carbocycles. The van der Waals surface area contributed by atoms with Gasteiger partial charge in [0, 0.05) is 38.6 Å². The summed E-state index contributed by atoms with van der Waals surface area (Å²) in [6.07, 6.45) is 5.36. The molecule has 8 heteroatoms. The highest BCUT2D eigenvalue weighted by Gasteiger charge is 2.33. The van der Waals surface area contributed by atoms with Gasteiger partial charge in [-0.2, -0.15) is 4.98 Å². The average Bonchev–Trinajstić information content (AvgIpc) is 2.99. The van der Waals surface area contributed by atoms with Crippen LogP contribution in [0.3, 0.4) is 0 Å². The number of aromatic nitrogens is 4. The Kier molecular flexibility index (Phi) is 4.73. The Morgan fingerprint density at radius 3 is 3.04 bits per heavy atom. The smallest absolute Gasteiger partial charge is 0.226 e. The number of rotatable bonds is 5. The summed E-state index contributed by atoms with van der Waals surface area (Å²) >= 11 is 0. The first-order chi connectivity index (χ1) is 11.2. The van der Waals surface area contributed by atoms with Gasteiger partial charge >= 0.3 is 0 Å². The van der Waals surface area contributed by atoms with Gasteiger partial charge in [-0.25, -0.2) is 9.97 Å². The van der Waals surface area contributed by atoms with E-state index in [1.807, 2.05) is 24.1 Å². The van der Waals surface area contributed by atoms with Crippen LogP contribution >= 0.6 is 0 Å². The van der Waals surface area contributed by atoms with E-state index in [9.17, 15) is 0 Å². The number of nitrogens with zero attached hydrogens (tertiary/aromatic N) is 5. The summed E-state index contributed by atoms with van der Waals surface area (Å²) in [4.78, 5) is 15.0. The highest BCUT2D eigenvalue weighted by atomic mass is 16.5. The molecule has 0 amide bonds. The highest BCUT2D eigenvalue weighted by molar-refractivity contribution is 5.28. The number of aryl methyl sites for hydroxylation is 1. The molecule has 1 aliphatic rings. The molecular weight excluding hydrogens is 296 g/mol. The van der Waals surface area contributed by atoms with Gasteiger partial charge < -0.3 is 19.4 Å². The van der Waals surface area contributed by atoms with Gasteiger partial charge in [0.05, 0.1) is 37.9 Å². The molecule has 0 unspecified atom stereocenters. The molecule has 23 heavy (non-hydrogen) atoms. The molecular formula is C15H22N6O2. The molecule has 1 N–H and O–H groups in total. The summed E-state index contributed by atoms with van der Waals surface area (Å²) in [5.74, 6) is 1.07. The van der Waals surface area contributed by atoms with Crippen LogP contribution in [0, 0.1) is 0 Å². The molecule has 8 nitrogen and oxygen atoms in total. The predicted molar refractivity (Wildman–Crippen MR) is 85.4 cm³/mol. The number of anilines is 1. The van der Waals surface area contributed by atoms with E-state index in [0.29, 0.717) is 25.0 Å². The van der Waals surface area contributed by atoms with Crippen molar-refractivity contribution in [2.75, 3.05) is 39.2 Å². The van der Waals surface area contributed by atoms with Crippen molar-refractivity contribution in [2.45, 2.75) is 12.1 Å². The summed E-state index contributed by atoms with van der Waals surface area (Å²) in [7, 11) is 5.69. The van der Waals surface area contributed by atoms with Gasteiger partial charge in [-0.3, -0.25) is 4.90 Å². The van der Waals surface area contributed by atoms with Crippen LogP contribution in [-0.4, -0.2) is 64.4 Å². The van der Waals surface area contributed by atoms with Gasteiger partial charge in [-0.05, 0) is 7.05 Å². The van der Waals surface area contributed by atoms with Crippen LogP contribution in [0.15, 0.2) is 24.8 Å². The van der Waals surface area contributed by atoms with E-state index in [2.05, 4.69) is 32.2 Å². The van der Waals surface area contributed by atoms with Crippen LogP contribution in [0.25, 0.3) is 0 Å². The van der Waals surface area contributed by atoms with Crippen LogP contribution in [-0.2, 0) is 11.8 Å². The van der Waals surface area contributed by atoms with Gasteiger partial charge in [0.15, 0.2) is 0 Å². The Morgan fingerprint density at radius 1 is 1.43 bits per heavy atom. The van der Waals surface area contributed by atoms with Crippen molar-refractivity contribution in [3.8, 4) is 5.88 Å². The van der Waals surface area contributed by atoms with Crippen molar-refractivity contribution in [3.05, 3.63) is 30.5 Å². The zero-order valence-electron chi connectivity index (χ0n) is 13.6. The zero-order chi connectivity index (χ0) is 16.2. The number of ether oxygens (including phenoxy) is 2. The molecule has 1 aliphatic heterocycles. The second-order valence-corrected chi connectivity index (χ2v) is 5.57. The monoisotopic (exact) mass is 318 g/mol. The van der Waals surface area contributed by atoms with E-state index >= 15 is 0 Å². The highest BCUT2D eigenvalue weighted by Crippen LogP contribution is 2.28. The van der Waals surface area contributed by atoms with Gasteiger partial charge in [0.25, 0.3) is 0 Å². The van der Waals surface area contributed by atoms with Crippen molar-refractivity contribution >= 4 is 5.95 Å². The minimum absolute atomic E-state index is 0.0149. The lowest BCUT2D eigenvalue weighted by Crippen LogP contribution is -2.46. The number of likely N-dealkylation sites (N-methyl/N-ethyl adjacent to an activating group) is 1. The van der Waals surface area contributed by atoms with E-state index in [1.54, 1.807) is 19.4 Å². The number of hydrogen-bond donors (Lipinski definition) is 1. The maximum absolute atomic E-state index is 5.99. The fraction of sp³-hybridized carbons (Fsp3) is 0.533. The van der Waals surface area contributed by atoms with Crippen molar-refractivity contribution < 1.29 is 9.47 Å². The van der Waals surface area contributed by atoms with Crippen LogP contribution in [0.5, 0.6) is 5.88 Å². The summed E-state index contributed by atoms with van der Waals surface area (Å²) in [6, 6.07) is 1.85. The molecule has 0 spiro atoms. The van der Waals surface area contributed by atoms with Crippen molar-refractivity contribution in [3.63, 3.8) is 0 Å². The Morgan fingerprint density at radius 2 is 2.30 bits per heavy atom. The van der Waals surface area contributed by atoms with Gasteiger partial charge in [0.1, 0.15) is 0 Å². The van der Waals surface area contributed by atoms with Crippen LogP contribution in [0.1, 0.15) is 11.7 Å². The first-order valence-corrected chi connectivity index (χ1v) is 7.58. The maximum atomic E-state index is 5.99. The summed E-state index contributed by atoms with van der Waals surface area (Å²) < 4.78 is 13.1. The summed E-state index contributed by atoms with van der Waals surface area (Å²) in [5.41, 5.74) is 1.13. The fourth-order valence-corrected chi connectivity index (χ4v) is 2.83. The first kappa shape index (κ1) is 15.7. The van der Waals surface area contributed by atoms with E-state index in [1.165, 1.54) is 0 Å². The molecule has 2 aromatic heterocycles. The SMILES string of the molecule is COc1ccnc(NC[C@@H]2OCCN(C)[C@H]2c2cncn2C)n1. The first-order valence-electron chi connectivity index (χ1n) is 7.58. The second-order valence-electron chi connectivity index (χ2n) is 5.57. The Labute approximate surface area is 135 Å². The molecule has 124 valence electrons. The third kappa shape index (κ3) is 3.43. The van der Waals surface area contributed by atoms with Crippen LogP contribution in [0.4, 0.5) is 5.95 Å². The standard InChI is InChI=1S/C15H22N6O2/c1-20-6-7-23-12(14(20)11-8-16-10-21(11)2)9-18-15-17-5-4-13(19-15)22-3/h4-5,8,10,12,14H,6-7,9H2,1-3H3,(H,17,18,19)/t12-,14-/m0/s1. The number of imidazole rings is 1. The fourth-order valence-electron chi connectivity index (χ4n) is 2.83. The molecule has 3 rings (SSSR count). The lowest BCUT2D eigenvalue weighted by atomic mass is 10.0. The normalized spacial score (nSPS) is 22.0. The van der Waals surface area contributed by atoms with Gasteiger partial charge in [-0.15, -0.1) is 0 Å². The topological polar surface area (TPSA) is 77.3 Å². The number of nitrogens with one attached hydrogen (secondary N) is 1. The Balaban J connectivity index is 1.73. The number of methoxy groups -OCH3 is 1. The molecule has 0 bridgehead atoms. The van der Waals surface area contributed by atoms with Crippen molar-refractivity contribution in [2.24, 2.45) is 7.05 Å². The molecule has 0 aliphatic carbocycles. The average molecular weight is 318 g/mol. The van der Waals surface area contributed by atoms with E-state index in [-0.39, 0.29) is 12.1 Å². The van der Waals surface area contributed by atoms with Crippen LogP contribution < -0.4 is 10.1 Å². The Bertz CT molecular complexity index is 646. The van der Waals surface area contributed by atoms with Crippen molar-refractivity contribution in [1.82, 2.24) is 24.4 Å². The lowest BCUT2D eigenvalue weighted by Gasteiger charge is -2.39. The largest absolute Gasteiger partial charge is 0.481 e. The third-order valence-electron chi connectivity index (χ3n) is 4.06. The van der Waals surface area contributed by atoms with E-state index < -0.39 is 0 Å². The van der Waals surface area contributed by atoms with E-state index in [4.69, 9.17) is 9.47 Å². The van der Waals surface area contributed by atoms with Gasteiger partial charge in [-0.1, -0.05) is 0 Å². The third-order valence-corrected chi connectivity index (χ3v) is 4.06. The maximum Gasteiger partial charge on any atom is 0.226 e. The zero-order valence-corrected chi connectivity index (χ0v) is 13.6. The number of morpholine rings is 1. The molecule has 0 radical (unpaired) electrons. The van der Waals surface area contributed by atoms with Crippen molar-refractivity contribution in [1.29, 1.82) is 0 Å². The molecule has 1 fully saturated rings. The summed E-state index contributed by atoms with van der Waals surface area (Å²) in [6.45, 7) is 2.20. The molecule has 3 heterocycles. The minimum atomic E-state index is -0.0149. The Hall–Kier alpha value is -2.19. The predicted octanol–water partition coefficient (Wildman–Crippen LogP) is 0.702. The summed E-state index contributed by atoms with van der Waals surface area (Å²) in [5, 5.41) is 3.24. The van der Waals surface area contributed by atoms with Gasteiger partial charge in [0.2, 0.25) is 11.8 Å². The lowest BCUT2D eigenvalue weighted by molar-refractivity contribution is -0.0579. The second kappa shape index (κ2) is 6.93. The molecule has 1 saturated heterocycles. The quantitative estimate of drug-likeness (QED) is 0.869. The van der Waals surface area contributed by atoms with Crippen LogP contribution in [0.2, 0.25) is 0 Å². The molecule has 2 atom stereocenters. The number of hydrogen-bond acceptors (Lipinski definition) is 7. The molecule has 2 aromatic rings. The molecule has 0 saturated carbocycles. The minimum Gasteiger partial charge on any atom is -0.481 e.